The Kier molecular flexibility index (Phi) is 4.81. The van der Waals surface area contributed by atoms with E-state index in [1.165, 1.54) is 122 Å². The van der Waals surface area contributed by atoms with Crippen molar-refractivity contribution in [3.8, 4) is 45.4 Å². The van der Waals surface area contributed by atoms with E-state index in [-0.39, 0.29) is 4.70 Å². The lowest BCUT2D eigenvalue weighted by molar-refractivity contribution is -1.03. The summed E-state index contributed by atoms with van der Waals surface area (Å²) in [5, 5.41) is 5.01. The summed E-state index contributed by atoms with van der Waals surface area (Å²) in [4.78, 5) is 0. The number of nitrogens with zero attached hydrogens (tertiary/aromatic N) is 5. The van der Waals surface area contributed by atoms with Crippen molar-refractivity contribution in [2.75, 3.05) is 0 Å². The molecular weight excluding hydrogens is 807 g/mol. The standard InChI is InChI=1S/C60H32N5O/c1-5-21-41-33(13-1)34-14-2-6-22-42(34)59(41)45-25-10-18-39-40-20-12-32-61-57(40)63(53(39)45)55-47(59)28-30-50-56(55)65(61)49-27-11-19-38-37-17-9-26-46-52(37)62(54(38)49)58-48(29-31-51(66-50)64(58)65)60(46)43-23-7-3-15-35(43)36-16-4-8-24-44(36)60/h1-32H/q+3. The second-order valence-corrected chi connectivity index (χ2v) is 19.3. The number of hydrogen-bond acceptors (Lipinski definition) is 1. The van der Waals surface area contributed by atoms with Gasteiger partial charge in [0.15, 0.2) is 6.20 Å². The van der Waals surface area contributed by atoms with Gasteiger partial charge in [0.05, 0.1) is 26.5 Å². The summed E-state index contributed by atoms with van der Waals surface area (Å²) in [6.07, 6.45) is 2.33. The Morgan fingerprint density at radius 1 is 0.409 bits per heavy atom. The molecule has 0 bridgehead atoms. The molecule has 5 aliphatic heterocycles. The van der Waals surface area contributed by atoms with Crippen LogP contribution in [0.25, 0.3) is 77.5 Å². The lowest BCUT2D eigenvalue weighted by Gasteiger charge is -2.44. The minimum Gasteiger partial charge on any atom is -0.412 e. The topological polar surface area (TPSA) is 26.8 Å². The highest BCUT2D eigenvalue weighted by atomic mass is 16.5. The molecule has 4 aromatic heterocycles. The van der Waals surface area contributed by atoms with Gasteiger partial charge in [-0.2, -0.15) is 9.13 Å². The van der Waals surface area contributed by atoms with Crippen LogP contribution in [0.4, 0.5) is 11.4 Å². The third kappa shape index (κ3) is 2.82. The number of pyridine rings is 2. The molecule has 1 unspecified atom stereocenters. The number of para-hydroxylation sites is 3. The van der Waals surface area contributed by atoms with Crippen molar-refractivity contribution >= 4 is 55.1 Å². The number of quaternary nitrogens is 1. The molecule has 12 aromatic rings. The van der Waals surface area contributed by atoms with Crippen molar-refractivity contribution < 1.29 is 14.1 Å². The Morgan fingerprint density at radius 2 is 0.924 bits per heavy atom. The highest BCUT2D eigenvalue weighted by Gasteiger charge is 2.71. The summed E-state index contributed by atoms with van der Waals surface area (Å²) < 4.78 is 18.1. The van der Waals surface area contributed by atoms with Crippen LogP contribution in [-0.2, 0) is 10.8 Å². The van der Waals surface area contributed by atoms with Gasteiger partial charge in [-0.25, -0.2) is 0 Å². The van der Waals surface area contributed by atoms with Crippen LogP contribution < -0.4 is 18.8 Å². The van der Waals surface area contributed by atoms with Gasteiger partial charge in [-0.15, -0.1) is 0 Å². The second kappa shape index (κ2) is 9.88. The molecule has 1 atom stereocenters. The first-order valence-corrected chi connectivity index (χ1v) is 23.1. The molecular formula is C60H32N5O+3. The van der Waals surface area contributed by atoms with Gasteiger partial charge in [0.1, 0.15) is 11.0 Å². The van der Waals surface area contributed by atoms with Crippen molar-refractivity contribution in [3.05, 3.63) is 239 Å². The zero-order valence-corrected chi connectivity index (χ0v) is 35.1. The Bertz CT molecular complexity index is 4100. The molecule has 6 nitrogen and oxygen atoms in total. The van der Waals surface area contributed by atoms with Crippen molar-refractivity contribution in [2.45, 2.75) is 10.8 Å². The van der Waals surface area contributed by atoms with Gasteiger partial charge in [0, 0.05) is 49.7 Å². The quantitative estimate of drug-likeness (QED) is 0.110. The third-order valence-electron chi connectivity index (χ3n) is 17.1. The van der Waals surface area contributed by atoms with Crippen LogP contribution in [0.2, 0.25) is 0 Å². The van der Waals surface area contributed by atoms with E-state index in [0.29, 0.717) is 0 Å². The molecule has 7 aliphatic rings. The summed E-state index contributed by atoms with van der Waals surface area (Å²) in [7, 11) is 0. The smallest absolute Gasteiger partial charge is 0.352 e. The van der Waals surface area contributed by atoms with E-state index in [0.717, 1.165) is 23.1 Å². The fourth-order valence-electron chi connectivity index (χ4n) is 15.2. The maximum Gasteiger partial charge on any atom is 0.352 e. The Balaban J connectivity index is 1.09. The molecule has 19 rings (SSSR count). The summed E-state index contributed by atoms with van der Waals surface area (Å²) in [5.41, 5.74) is 22.9. The van der Waals surface area contributed by atoms with Crippen LogP contribution >= 0.6 is 0 Å². The monoisotopic (exact) mass is 838 g/mol. The summed E-state index contributed by atoms with van der Waals surface area (Å²) in [6, 6.07) is 71.7. The minimum absolute atomic E-state index is 0.266. The van der Waals surface area contributed by atoms with Crippen LogP contribution in [0.1, 0.15) is 44.5 Å². The van der Waals surface area contributed by atoms with Crippen LogP contribution in [0.5, 0.6) is 11.6 Å². The van der Waals surface area contributed by atoms with Crippen molar-refractivity contribution in [2.24, 2.45) is 0 Å². The fraction of sp³-hybridized carbons (Fsp3) is 0.0333. The van der Waals surface area contributed by atoms with E-state index in [4.69, 9.17) is 4.74 Å². The number of ether oxygens (including phenoxy) is 1. The van der Waals surface area contributed by atoms with E-state index in [2.05, 4.69) is 213 Å². The van der Waals surface area contributed by atoms with Crippen LogP contribution in [0.15, 0.2) is 194 Å². The molecule has 8 aromatic carbocycles. The van der Waals surface area contributed by atoms with Crippen molar-refractivity contribution in [1.82, 2.24) is 13.8 Å². The first-order chi connectivity index (χ1) is 32.8. The molecule has 3 spiro atoms. The number of benzene rings is 8. The molecule has 300 valence electrons. The van der Waals surface area contributed by atoms with E-state index in [1.807, 2.05) is 0 Å². The molecule has 66 heavy (non-hydrogen) atoms. The fourth-order valence-corrected chi connectivity index (χ4v) is 15.2. The van der Waals surface area contributed by atoms with Gasteiger partial charge in [0.2, 0.25) is 17.0 Å². The first-order valence-electron chi connectivity index (χ1n) is 23.1. The average Bonchev–Trinajstić information content (AvgIpc) is 4.09. The highest BCUT2D eigenvalue weighted by Crippen LogP contribution is 2.67. The van der Waals surface area contributed by atoms with Gasteiger partial charge < -0.3 is 4.74 Å². The van der Waals surface area contributed by atoms with Gasteiger partial charge in [-0.1, -0.05) is 127 Å². The van der Waals surface area contributed by atoms with Gasteiger partial charge in [-0.05, 0) is 97.7 Å². The molecule has 0 radical (unpaired) electrons. The Morgan fingerprint density at radius 3 is 1.58 bits per heavy atom. The van der Waals surface area contributed by atoms with Crippen molar-refractivity contribution in [3.63, 3.8) is 0 Å². The molecule has 9 heterocycles. The maximum absolute atomic E-state index is 7.50. The minimum atomic E-state index is -0.593. The van der Waals surface area contributed by atoms with Crippen molar-refractivity contribution in [1.29, 1.82) is 0 Å². The molecule has 0 saturated carbocycles. The lowest BCUT2D eigenvalue weighted by Crippen LogP contribution is -2.87. The van der Waals surface area contributed by atoms with E-state index in [9.17, 15) is 0 Å². The maximum atomic E-state index is 7.50. The van der Waals surface area contributed by atoms with Gasteiger partial charge in [0.25, 0.3) is 5.69 Å². The van der Waals surface area contributed by atoms with E-state index in [1.54, 1.807) is 0 Å². The number of hydrogen-bond donors (Lipinski definition) is 0. The predicted octanol–water partition coefficient (Wildman–Crippen LogP) is 12.1. The molecule has 2 aliphatic carbocycles. The van der Waals surface area contributed by atoms with Crippen LogP contribution in [0.3, 0.4) is 0 Å². The van der Waals surface area contributed by atoms with Gasteiger partial charge in [-0.3, -0.25) is 0 Å². The Hall–Kier alpha value is -8.58. The largest absolute Gasteiger partial charge is 0.412 e. The van der Waals surface area contributed by atoms with Crippen LogP contribution in [-0.4, -0.2) is 9.13 Å². The second-order valence-electron chi connectivity index (χ2n) is 19.3. The number of rotatable bonds is 0. The molecule has 6 heteroatoms. The number of fused-ring (bicyclic) bond motifs is 16. The SMILES string of the molecule is c1ccc2c(c1)-c1ccccc1C21c2ccc3[n+]4c2-n2c5c1cccc5c1cccc(c12)[N+]41c2c(ccc4c2-n2c5c(cccc5c5ccc[n+]1c52)C41c2ccccc2-c2ccccc21)O3. The first kappa shape index (κ1) is 32.1. The normalized spacial score (nSPS) is 18.1. The summed E-state index contributed by atoms with van der Waals surface area (Å²) in [6.45, 7) is 0. The van der Waals surface area contributed by atoms with Crippen LogP contribution in [0, 0.1) is 0 Å². The molecule has 0 amide bonds. The molecule has 0 fully saturated rings. The predicted molar refractivity (Wildman–Crippen MR) is 256 cm³/mol. The van der Waals surface area contributed by atoms with Gasteiger partial charge >= 0.3 is 23.0 Å². The molecule has 0 saturated heterocycles. The zero-order valence-electron chi connectivity index (χ0n) is 35.1. The zero-order chi connectivity index (χ0) is 42.2. The lowest BCUT2D eigenvalue weighted by atomic mass is 9.65. The average molecular weight is 839 g/mol. The Labute approximate surface area is 376 Å². The summed E-state index contributed by atoms with van der Waals surface area (Å²) in [5.74, 6) is 2.80. The number of aromatic nitrogens is 4. The van der Waals surface area contributed by atoms with E-state index < -0.39 is 10.8 Å². The third-order valence-corrected chi connectivity index (χ3v) is 17.1. The summed E-state index contributed by atoms with van der Waals surface area (Å²) >= 11 is 0. The molecule has 0 N–H and O–H groups in total. The van der Waals surface area contributed by atoms with E-state index >= 15 is 0 Å². The highest BCUT2D eigenvalue weighted by molar-refractivity contribution is 6.17.